The van der Waals surface area contributed by atoms with Crippen LogP contribution < -0.4 is 5.32 Å². The summed E-state index contributed by atoms with van der Waals surface area (Å²) in [6.45, 7) is 3.58. The molecule has 22 heavy (non-hydrogen) atoms. The minimum atomic E-state index is -0.982. The predicted octanol–water partition coefficient (Wildman–Crippen LogP) is 2.72. The van der Waals surface area contributed by atoms with Gasteiger partial charge >= 0.3 is 5.97 Å². The van der Waals surface area contributed by atoms with E-state index in [1.165, 1.54) is 11.1 Å². The van der Waals surface area contributed by atoms with Gasteiger partial charge in [0.15, 0.2) is 0 Å². The second kappa shape index (κ2) is 7.78. The average Bonchev–Trinajstić information content (AvgIpc) is 2.51. The Morgan fingerprint density at radius 1 is 1.36 bits per heavy atom. The molecule has 2 rings (SSSR count). The topological polar surface area (TPSA) is 66.4 Å². The first kappa shape index (κ1) is 16.3. The Hall–Kier alpha value is -2.10. The van der Waals surface area contributed by atoms with Gasteiger partial charge in [0.1, 0.15) is 6.04 Å². The van der Waals surface area contributed by atoms with Crippen LogP contribution in [0.25, 0.3) is 0 Å². The van der Waals surface area contributed by atoms with Gasteiger partial charge in [-0.15, -0.1) is 6.58 Å². The lowest BCUT2D eigenvalue weighted by Gasteiger charge is -2.24. The Balaban J connectivity index is 1.87. The Bertz CT molecular complexity index is 553. The highest BCUT2D eigenvalue weighted by Crippen LogP contribution is 2.27. The van der Waals surface area contributed by atoms with Crippen LogP contribution >= 0.6 is 0 Å². The second-order valence-corrected chi connectivity index (χ2v) is 5.91. The third-order valence-corrected chi connectivity index (χ3v) is 4.22. The molecule has 1 aliphatic rings. The number of nitrogens with one attached hydrogen (secondary N) is 1. The van der Waals surface area contributed by atoms with E-state index in [9.17, 15) is 9.59 Å². The minimum Gasteiger partial charge on any atom is -0.480 e. The van der Waals surface area contributed by atoms with Crippen LogP contribution in [-0.2, 0) is 22.4 Å². The van der Waals surface area contributed by atoms with E-state index in [1.807, 2.05) is 12.1 Å². The first-order valence-electron chi connectivity index (χ1n) is 7.80. The quantitative estimate of drug-likeness (QED) is 0.761. The van der Waals surface area contributed by atoms with Crippen LogP contribution in [0.3, 0.4) is 0 Å². The SMILES string of the molecule is C=CCCC(NC(=O)CC1CCc2ccccc2C1)C(=O)O. The summed E-state index contributed by atoms with van der Waals surface area (Å²) in [6, 6.07) is 7.51. The first-order valence-corrected chi connectivity index (χ1v) is 7.80. The van der Waals surface area contributed by atoms with E-state index < -0.39 is 12.0 Å². The third kappa shape index (κ3) is 4.45. The maximum atomic E-state index is 12.1. The van der Waals surface area contributed by atoms with Crippen molar-refractivity contribution in [1.82, 2.24) is 5.32 Å². The smallest absolute Gasteiger partial charge is 0.326 e. The maximum absolute atomic E-state index is 12.1. The molecule has 2 unspecified atom stereocenters. The average molecular weight is 301 g/mol. The Morgan fingerprint density at radius 2 is 2.09 bits per heavy atom. The molecule has 4 heteroatoms. The van der Waals surface area contributed by atoms with Crippen molar-refractivity contribution < 1.29 is 14.7 Å². The van der Waals surface area contributed by atoms with E-state index in [1.54, 1.807) is 6.08 Å². The number of benzene rings is 1. The molecule has 4 nitrogen and oxygen atoms in total. The Kier molecular flexibility index (Phi) is 5.75. The molecule has 0 saturated carbocycles. The summed E-state index contributed by atoms with van der Waals surface area (Å²) in [7, 11) is 0. The van der Waals surface area contributed by atoms with E-state index in [0.29, 0.717) is 25.2 Å². The van der Waals surface area contributed by atoms with Gasteiger partial charge in [-0.05, 0) is 49.1 Å². The van der Waals surface area contributed by atoms with Crippen molar-refractivity contribution in [3.63, 3.8) is 0 Å². The predicted molar refractivity (Wildman–Crippen MR) is 85.6 cm³/mol. The van der Waals surface area contributed by atoms with Gasteiger partial charge in [0.05, 0.1) is 0 Å². The van der Waals surface area contributed by atoms with Crippen LogP contribution in [0.1, 0.15) is 36.8 Å². The maximum Gasteiger partial charge on any atom is 0.326 e. The molecule has 0 radical (unpaired) electrons. The summed E-state index contributed by atoms with van der Waals surface area (Å²) in [5.41, 5.74) is 2.68. The van der Waals surface area contributed by atoms with Crippen molar-refractivity contribution in [2.45, 2.75) is 44.6 Å². The van der Waals surface area contributed by atoms with Crippen molar-refractivity contribution in [3.8, 4) is 0 Å². The highest BCUT2D eigenvalue weighted by molar-refractivity contribution is 5.83. The molecule has 0 aliphatic heterocycles. The van der Waals surface area contributed by atoms with Gasteiger partial charge < -0.3 is 10.4 Å². The first-order chi connectivity index (χ1) is 10.6. The molecule has 0 bridgehead atoms. The molecule has 2 N–H and O–H groups in total. The van der Waals surface area contributed by atoms with Gasteiger partial charge in [0.25, 0.3) is 0 Å². The van der Waals surface area contributed by atoms with Crippen LogP contribution in [-0.4, -0.2) is 23.0 Å². The highest BCUT2D eigenvalue weighted by Gasteiger charge is 2.24. The number of fused-ring (bicyclic) bond motifs is 1. The van der Waals surface area contributed by atoms with Crippen molar-refractivity contribution >= 4 is 11.9 Å². The van der Waals surface area contributed by atoms with E-state index >= 15 is 0 Å². The fraction of sp³-hybridized carbons (Fsp3) is 0.444. The van der Waals surface area contributed by atoms with Crippen LogP contribution in [0.4, 0.5) is 0 Å². The molecule has 0 heterocycles. The van der Waals surface area contributed by atoms with E-state index in [2.05, 4.69) is 24.0 Å². The Morgan fingerprint density at radius 3 is 2.77 bits per heavy atom. The van der Waals surface area contributed by atoms with Crippen LogP contribution in [0.5, 0.6) is 0 Å². The van der Waals surface area contributed by atoms with Crippen molar-refractivity contribution in [2.24, 2.45) is 5.92 Å². The van der Waals surface area contributed by atoms with Gasteiger partial charge in [0, 0.05) is 6.42 Å². The lowest BCUT2D eigenvalue weighted by molar-refractivity contribution is -0.142. The minimum absolute atomic E-state index is 0.166. The molecule has 118 valence electrons. The number of aliphatic carboxylic acids is 1. The summed E-state index contributed by atoms with van der Waals surface area (Å²) < 4.78 is 0. The molecule has 0 spiro atoms. The van der Waals surface area contributed by atoms with Gasteiger partial charge in [-0.3, -0.25) is 4.79 Å². The normalized spacial score (nSPS) is 18.1. The molecule has 1 amide bonds. The largest absolute Gasteiger partial charge is 0.480 e. The molecule has 0 fully saturated rings. The number of rotatable bonds is 7. The summed E-state index contributed by atoms with van der Waals surface area (Å²) >= 11 is 0. The summed E-state index contributed by atoms with van der Waals surface area (Å²) in [6.07, 6.45) is 5.90. The number of hydrogen-bond donors (Lipinski definition) is 2. The summed E-state index contributed by atoms with van der Waals surface area (Å²) in [4.78, 5) is 23.2. The van der Waals surface area contributed by atoms with Gasteiger partial charge in [0.2, 0.25) is 5.91 Å². The van der Waals surface area contributed by atoms with Crippen molar-refractivity contribution in [3.05, 3.63) is 48.0 Å². The molecule has 1 aromatic rings. The summed E-state index contributed by atoms with van der Waals surface area (Å²) in [5, 5.41) is 11.8. The summed E-state index contributed by atoms with van der Waals surface area (Å²) in [5.74, 6) is -0.853. The monoisotopic (exact) mass is 301 g/mol. The molecule has 2 atom stereocenters. The number of allylic oxidation sites excluding steroid dienone is 1. The van der Waals surface area contributed by atoms with Crippen molar-refractivity contribution in [1.29, 1.82) is 0 Å². The molecular weight excluding hydrogens is 278 g/mol. The van der Waals surface area contributed by atoms with Gasteiger partial charge in [-0.25, -0.2) is 4.79 Å². The fourth-order valence-corrected chi connectivity index (χ4v) is 3.00. The van der Waals surface area contributed by atoms with E-state index in [0.717, 1.165) is 19.3 Å². The van der Waals surface area contributed by atoms with Gasteiger partial charge in [-0.1, -0.05) is 30.3 Å². The molecule has 1 aromatic carbocycles. The van der Waals surface area contributed by atoms with Crippen LogP contribution in [0.2, 0.25) is 0 Å². The van der Waals surface area contributed by atoms with Crippen LogP contribution in [0.15, 0.2) is 36.9 Å². The third-order valence-electron chi connectivity index (χ3n) is 4.22. The Labute approximate surface area is 131 Å². The number of carboxylic acid groups (broad SMARTS) is 1. The zero-order valence-corrected chi connectivity index (χ0v) is 12.8. The van der Waals surface area contributed by atoms with Gasteiger partial charge in [-0.2, -0.15) is 0 Å². The van der Waals surface area contributed by atoms with E-state index in [4.69, 9.17) is 5.11 Å². The standard InChI is InChI=1S/C18H23NO3/c1-2-3-8-16(18(21)22)19-17(20)12-13-9-10-14-6-4-5-7-15(14)11-13/h2,4-7,13,16H,1,3,8-12H2,(H,19,20)(H,21,22). The number of carbonyl (C=O) groups excluding carboxylic acids is 1. The lowest BCUT2D eigenvalue weighted by atomic mass is 9.82. The number of carbonyl (C=O) groups is 2. The molecule has 0 saturated heterocycles. The number of carboxylic acids is 1. The van der Waals surface area contributed by atoms with Crippen LogP contribution in [0, 0.1) is 5.92 Å². The number of aryl methyl sites for hydroxylation is 1. The highest BCUT2D eigenvalue weighted by atomic mass is 16.4. The van der Waals surface area contributed by atoms with Crippen molar-refractivity contribution in [2.75, 3.05) is 0 Å². The number of hydrogen-bond acceptors (Lipinski definition) is 2. The molecular formula is C18H23NO3. The second-order valence-electron chi connectivity index (χ2n) is 5.91. The lowest BCUT2D eigenvalue weighted by Crippen LogP contribution is -2.41. The van der Waals surface area contributed by atoms with E-state index in [-0.39, 0.29) is 5.91 Å². The molecule has 1 aliphatic carbocycles. The zero-order valence-electron chi connectivity index (χ0n) is 12.8. The number of amides is 1. The zero-order chi connectivity index (χ0) is 15.9. The fourth-order valence-electron chi connectivity index (χ4n) is 3.00. The molecule has 0 aromatic heterocycles.